The maximum atomic E-state index is 11.6. The number of ether oxygens (including phenoxy) is 4. The standard InChI is InChI=1S/C28H40N8O7/c1-5-18-14-19(43-34-18)21-22(40-16-37)23(41-17-38)26(42-21)36-15-31-20-24(29-7-6-28(2,3)4)32-27(33-25(20)36)30-8-9-35-10-12-39-13-11-35/h14-17,21-23,26H,5-13H2,1-4H3,(H2,29,30,32,33)/t21-,22+,23-,26-/m1/s1. The van der Waals surface area contributed by atoms with Crippen LogP contribution in [0.4, 0.5) is 11.8 Å². The van der Waals surface area contributed by atoms with Crippen LogP contribution in [0.25, 0.3) is 11.2 Å². The molecule has 15 nitrogen and oxygen atoms in total. The van der Waals surface area contributed by atoms with Gasteiger partial charge >= 0.3 is 0 Å². The number of imidazole rings is 1. The summed E-state index contributed by atoms with van der Waals surface area (Å²) >= 11 is 0. The van der Waals surface area contributed by atoms with Crippen LogP contribution in [0.3, 0.4) is 0 Å². The Kier molecular flexibility index (Phi) is 9.72. The third-order valence-corrected chi connectivity index (χ3v) is 7.51. The van der Waals surface area contributed by atoms with Crippen molar-refractivity contribution in [2.24, 2.45) is 5.41 Å². The molecule has 43 heavy (non-hydrogen) atoms. The number of rotatable bonds is 14. The molecule has 4 atom stereocenters. The summed E-state index contributed by atoms with van der Waals surface area (Å²) < 4.78 is 29.8. The van der Waals surface area contributed by atoms with Crippen molar-refractivity contribution in [1.29, 1.82) is 0 Å². The summed E-state index contributed by atoms with van der Waals surface area (Å²) in [7, 11) is 0. The lowest BCUT2D eigenvalue weighted by Gasteiger charge is -2.26. The van der Waals surface area contributed by atoms with Gasteiger partial charge in [0.25, 0.3) is 12.9 Å². The molecular weight excluding hydrogens is 560 g/mol. The summed E-state index contributed by atoms with van der Waals surface area (Å²) in [5.41, 5.74) is 1.80. The Labute approximate surface area is 249 Å². The number of hydrogen-bond acceptors (Lipinski definition) is 14. The second-order valence-electron chi connectivity index (χ2n) is 11.8. The first-order valence-electron chi connectivity index (χ1n) is 14.6. The van der Waals surface area contributed by atoms with Crippen molar-refractivity contribution in [3.05, 3.63) is 23.8 Å². The zero-order chi connectivity index (χ0) is 30.4. The second-order valence-corrected chi connectivity index (χ2v) is 11.8. The van der Waals surface area contributed by atoms with Crippen molar-refractivity contribution in [2.45, 2.75) is 65.1 Å². The maximum Gasteiger partial charge on any atom is 0.293 e. The van der Waals surface area contributed by atoms with Crippen molar-refractivity contribution in [2.75, 3.05) is 56.6 Å². The first-order valence-corrected chi connectivity index (χ1v) is 14.6. The van der Waals surface area contributed by atoms with Crippen LogP contribution in [-0.2, 0) is 35.0 Å². The summed E-state index contributed by atoms with van der Waals surface area (Å²) in [4.78, 5) is 39.5. The van der Waals surface area contributed by atoms with Crippen LogP contribution in [0.1, 0.15) is 57.9 Å². The van der Waals surface area contributed by atoms with E-state index in [4.69, 9.17) is 33.4 Å². The van der Waals surface area contributed by atoms with E-state index < -0.39 is 24.5 Å². The fourth-order valence-electron chi connectivity index (χ4n) is 5.15. The number of carbonyl (C=O) groups excluding carboxylic acids is 2. The Morgan fingerprint density at radius 2 is 1.84 bits per heavy atom. The van der Waals surface area contributed by atoms with E-state index in [9.17, 15) is 9.59 Å². The minimum Gasteiger partial charge on any atom is -0.457 e. The lowest BCUT2D eigenvalue weighted by Crippen LogP contribution is -2.39. The molecule has 5 rings (SSSR count). The summed E-state index contributed by atoms with van der Waals surface area (Å²) in [6.45, 7) is 14.4. The fraction of sp³-hybridized carbons (Fsp3) is 0.643. The topological polar surface area (TPSA) is 168 Å². The number of hydrogen-bond donors (Lipinski definition) is 2. The first kappa shape index (κ1) is 30.6. The van der Waals surface area contributed by atoms with Gasteiger partial charge in [-0.1, -0.05) is 32.9 Å². The van der Waals surface area contributed by atoms with Gasteiger partial charge in [0.15, 0.2) is 47.3 Å². The summed E-state index contributed by atoms with van der Waals surface area (Å²) in [5.74, 6) is 1.32. The van der Waals surface area contributed by atoms with Gasteiger partial charge in [-0.2, -0.15) is 9.97 Å². The van der Waals surface area contributed by atoms with Crippen molar-refractivity contribution in [3.63, 3.8) is 0 Å². The van der Waals surface area contributed by atoms with Crippen molar-refractivity contribution < 1.29 is 33.1 Å². The molecule has 0 spiro atoms. The Morgan fingerprint density at radius 3 is 2.53 bits per heavy atom. The van der Waals surface area contributed by atoms with E-state index in [0.717, 1.165) is 39.3 Å². The van der Waals surface area contributed by atoms with Gasteiger partial charge in [0.2, 0.25) is 5.95 Å². The highest BCUT2D eigenvalue weighted by molar-refractivity contribution is 5.84. The van der Waals surface area contributed by atoms with Crippen LogP contribution in [0.2, 0.25) is 0 Å². The lowest BCUT2D eigenvalue weighted by molar-refractivity contribution is -0.151. The summed E-state index contributed by atoms with van der Waals surface area (Å²) in [6, 6.07) is 1.73. The highest BCUT2D eigenvalue weighted by atomic mass is 16.6. The number of fused-ring (bicyclic) bond motifs is 1. The van der Waals surface area contributed by atoms with Crippen molar-refractivity contribution in [3.8, 4) is 0 Å². The molecule has 234 valence electrons. The molecule has 2 aliphatic heterocycles. The molecule has 0 unspecified atom stereocenters. The van der Waals surface area contributed by atoms with Gasteiger partial charge in [-0.05, 0) is 18.3 Å². The summed E-state index contributed by atoms with van der Waals surface area (Å²) in [5, 5.41) is 10.8. The zero-order valence-corrected chi connectivity index (χ0v) is 25.0. The fourth-order valence-corrected chi connectivity index (χ4v) is 5.15. The van der Waals surface area contributed by atoms with Crippen LogP contribution < -0.4 is 10.6 Å². The van der Waals surface area contributed by atoms with Gasteiger partial charge in [-0.3, -0.25) is 19.1 Å². The maximum absolute atomic E-state index is 11.6. The minimum atomic E-state index is -1.02. The van der Waals surface area contributed by atoms with Crippen LogP contribution in [0.5, 0.6) is 0 Å². The van der Waals surface area contributed by atoms with E-state index >= 15 is 0 Å². The minimum absolute atomic E-state index is 0.121. The molecule has 15 heteroatoms. The first-order chi connectivity index (χ1) is 20.8. The number of nitrogens with one attached hydrogen (secondary N) is 2. The molecule has 3 aromatic rings. The Balaban J connectivity index is 1.47. The Hall–Kier alpha value is -3.82. The average Bonchev–Trinajstić information content (AvgIpc) is 3.71. The van der Waals surface area contributed by atoms with E-state index in [1.165, 1.54) is 0 Å². The largest absolute Gasteiger partial charge is 0.457 e. The van der Waals surface area contributed by atoms with E-state index in [1.54, 1.807) is 17.0 Å². The molecule has 2 fully saturated rings. The number of carbonyl (C=O) groups is 2. The molecule has 5 heterocycles. The van der Waals surface area contributed by atoms with E-state index in [-0.39, 0.29) is 5.41 Å². The third-order valence-electron chi connectivity index (χ3n) is 7.51. The Bertz CT molecular complexity index is 1370. The number of aryl methyl sites for hydroxylation is 1. The van der Waals surface area contributed by atoms with Crippen molar-refractivity contribution in [1.82, 2.24) is 29.6 Å². The van der Waals surface area contributed by atoms with Crippen molar-refractivity contribution >= 4 is 35.9 Å². The van der Waals surface area contributed by atoms with E-state index in [0.29, 0.717) is 66.8 Å². The monoisotopic (exact) mass is 600 g/mol. The van der Waals surface area contributed by atoms with Gasteiger partial charge in [0.05, 0.1) is 25.2 Å². The van der Waals surface area contributed by atoms with Gasteiger partial charge in [-0.15, -0.1) is 0 Å². The van der Waals surface area contributed by atoms with E-state index in [1.807, 2.05) is 6.92 Å². The predicted molar refractivity (Wildman–Crippen MR) is 154 cm³/mol. The van der Waals surface area contributed by atoms with Crippen LogP contribution in [-0.4, -0.2) is 101 Å². The zero-order valence-electron chi connectivity index (χ0n) is 25.0. The molecule has 2 aliphatic rings. The molecule has 0 bridgehead atoms. The third kappa shape index (κ3) is 7.22. The molecule has 0 amide bonds. The van der Waals surface area contributed by atoms with Gasteiger partial charge in [-0.25, -0.2) is 4.98 Å². The number of aromatic nitrogens is 5. The molecule has 0 aliphatic carbocycles. The van der Waals surface area contributed by atoms with Gasteiger partial charge in [0.1, 0.15) is 0 Å². The molecule has 3 aromatic heterocycles. The molecule has 0 aromatic carbocycles. The predicted octanol–water partition coefficient (Wildman–Crippen LogP) is 2.32. The Morgan fingerprint density at radius 1 is 1.07 bits per heavy atom. The molecular formula is C28H40N8O7. The smallest absolute Gasteiger partial charge is 0.293 e. The molecule has 2 N–H and O–H groups in total. The molecule has 0 radical (unpaired) electrons. The SMILES string of the molecule is CCc1cc([C@H]2O[C@@H](n3cnc4c(NCCC(C)(C)C)nc(NCCN5CCOCC5)nc43)[C@H](OC=O)[C@H]2OC=O)on1. The normalized spacial score (nSPS) is 22.9. The van der Waals surface area contributed by atoms with Crippen LogP contribution in [0, 0.1) is 5.41 Å². The van der Waals surface area contributed by atoms with Crippen LogP contribution in [0.15, 0.2) is 16.9 Å². The van der Waals surface area contributed by atoms with Gasteiger partial charge < -0.3 is 34.1 Å². The highest BCUT2D eigenvalue weighted by Crippen LogP contribution is 2.43. The lowest BCUT2D eigenvalue weighted by atomic mass is 9.92. The number of morpholine rings is 1. The second kappa shape index (κ2) is 13.7. The van der Waals surface area contributed by atoms with Crippen LogP contribution >= 0.6 is 0 Å². The average molecular weight is 601 g/mol. The molecule has 2 saturated heterocycles. The summed E-state index contributed by atoms with van der Waals surface area (Å²) in [6.07, 6.45) is -0.756. The van der Waals surface area contributed by atoms with E-state index in [2.05, 4.69) is 46.4 Å². The number of nitrogens with zero attached hydrogens (tertiary/aromatic N) is 6. The molecule has 0 saturated carbocycles. The van der Waals surface area contributed by atoms with Gasteiger partial charge in [0, 0.05) is 38.8 Å². The highest BCUT2D eigenvalue weighted by Gasteiger charge is 2.51. The quantitative estimate of drug-likeness (QED) is 0.259. The number of anilines is 2.